The van der Waals surface area contributed by atoms with E-state index in [0.29, 0.717) is 10.6 Å². The quantitative estimate of drug-likeness (QED) is 0.801. The first-order valence-corrected chi connectivity index (χ1v) is 7.29. The minimum Gasteiger partial charge on any atom is -0.389 e. The van der Waals surface area contributed by atoms with Crippen LogP contribution in [0, 0.1) is 5.82 Å². The van der Waals surface area contributed by atoms with Crippen molar-refractivity contribution in [3.8, 4) is 0 Å². The van der Waals surface area contributed by atoms with Crippen molar-refractivity contribution < 1.29 is 4.39 Å². The lowest BCUT2D eigenvalue weighted by Gasteiger charge is -2.19. The van der Waals surface area contributed by atoms with Gasteiger partial charge in [0.15, 0.2) is 0 Å². The van der Waals surface area contributed by atoms with E-state index in [4.69, 9.17) is 18.0 Å². The van der Waals surface area contributed by atoms with Gasteiger partial charge in [-0.25, -0.2) is 4.39 Å². The second kappa shape index (κ2) is 6.33. The number of thiocarbonyl (C=S) groups is 1. The molecule has 0 bridgehead atoms. The molecule has 0 saturated carbocycles. The van der Waals surface area contributed by atoms with Crippen LogP contribution in [0.1, 0.15) is 24.1 Å². The van der Waals surface area contributed by atoms with Gasteiger partial charge in [0, 0.05) is 21.3 Å². The molecule has 0 aliphatic rings. The highest BCUT2D eigenvalue weighted by molar-refractivity contribution is 9.10. The average Bonchev–Trinajstić information content (AvgIpc) is 2.41. The first kappa shape index (κ1) is 14.9. The molecule has 2 rings (SSSR count). The summed E-state index contributed by atoms with van der Waals surface area (Å²) in [5.74, 6) is -0.235. The Labute approximate surface area is 131 Å². The predicted molar refractivity (Wildman–Crippen MR) is 88.5 cm³/mol. The summed E-state index contributed by atoms with van der Waals surface area (Å²) < 4.78 is 14.7. The van der Waals surface area contributed by atoms with Gasteiger partial charge in [-0.3, -0.25) is 0 Å². The molecule has 0 radical (unpaired) electrons. The van der Waals surface area contributed by atoms with Crippen LogP contribution in [-0.2, 0) is 0 Å². The highest BCUT2D eigenvalue weighted by atomic mass is 79.9. The Balaban J connectivity index is 2.31. The maximum Gasteiger partial charge on any atom is 0.128 e. The molecule has 0 fully saturated rings. The van der Waals surface area contributed by atoms with Gasteiger partial charge >= 0.3 is 0 Å². The zero-order chi connectivity index (χ0) is 14.7. The number of hydrogen-bond acceptors (Lipinski definition) is 2. The van der Waals surface area contributed by atoms with Gasteiger partial charge in [0.05, 0.1) is 6.04 Å². The third-order valence-corrected chi connectivity index (χ3v) is 3.70. The Morgan fingerprint density at radius 3 is 2.65 bits per heavy atom. The Bertz CT molecular complexity index is 646. The SMILES string of the molecule is CC(Nc1ccc(Br)cc1C(N)=S)c1ccccc1F. The van der Waals surface area contributed by atoms with Gasteiger partial charge in [-0.1, -0.05) is 46.3 Å². The minimum absolute atomic E-state index is 0.189. The fourth-order valence-corrected chi connectivity index (χ4v) is 2.51. The molecule has 0 aliphatic carbocycles. The molecular formula is C15H14BrFN2S. The third-order valence-electron chi connectivity index (χ3n) is 2.99. The van der Waals surface area contributed by atoms with Crippen LogP contribution < -0.4 is 11.1 Å². The summed E-state index contributed by atoms with van der Waals surface area (Å²) in [6, 6.07) is 12.1. The van der Waals surface area contributed by atoms with Crippen molar-refractivity contribution in [1.29, 1.82) is 0 Å². The van der Waals surface area contributed by atoms with E-state index in [1.54, 1.807) is 12.1 Å². The summed E-state index contributed by atoms with van der Waals surface area (Å²) in [4.78, 5) is 0.300. The van der Waals surface area contributed by atoms with Gasteiger partial charge in [0.25, 0.3) is 0 Å². The Morgan fingerprint density at radius 2 is 2.00 bits per heavy atom. The topological polar surface area (TPSA) is 38.0 Å². The van der Waals surface area contributed by atoms with E-state index in [2.05, 4.69) is 21.2 Å². The minimum atomic E-state index is -0.235. The standard InChI is InChI=1S/C15H14BrFN2S/c1-9(11-4-2-3-5-13(11)17)19-14-7-6-10(16)8-12(14)15(18)20/h2-9,19H,1H3,(H2,18,20). The molecule has 3 N–H and O–H groups in total. The van der Waals surface area contributed by atoms with Crippen molar-refractivity contribution in [2.24, 2.45) is 5.73 Å². The molecule has 1 unspecified atom stereocenters. The largest absolute Gasteiger partial charge is 0.389 e. The molecule has 0 aromatic heterocycles. The molecular weight excluding hydrogens is 339 g/mol. The number of rotatable bonds is 4. The van der Waals surface area contributed by atoms with Crippen LogP contribution >= 0.6 is 28.1 Å². The number of nitrogens with two attached hydrogens (primary N) is 1. The van der Waals surface area contributed by atoms with Crippen molar-refractivity contribution in [2.75, 3.05) is 5.32 Å². The van der Waals surface area contributed by atoms with Gasteiger partial charge in [-0.05, 0) is 31.2 Å². The second-order valence-electron chi connectivity index (χ2n) is 4.44. The van der Waals surface area contributed by atoms with Crippen LogP contribution in [-0.4, -0.2) is 4.99 Å². The summed E-state index contributed by atoms with van der Waals surface area (Å²) in [5.41, 5.74) is 7.85. The van der Waals surface area contributed by atoms with Crippen LogP contribution in [0.15, 0.2) is 46.9 Å². The summed E-state index contributed by atoms with van der Waals surface area (Å²) in [6.07, 6.45) is 0. The molecule has 0 spiro atoms. The van der Waals surface area contributed by atoms with Crippen molar-refractivity contribution in [1.82, 2.24) is 0 Å². The summed E-state index contributed by atoms with van der Waals surface area (Å²) in [5, 5.41) is 3.25. The number of benzene rings is 2. The lowest BCUT2D eigenvalue weighted by molar-refractivity contribution is 0.600. The number of halogens is 2. The number of anilines is 1. The second-order valence-corrected chi connectivity index (χ2v) is 5.80. The zero-order valence-corrected chi connectivity index (χ0v) is 13.3. The van der Waals surface area contributed by atoms with Gasteiger partial charge in [0.1, 0.15) is 10.8 Å². The summed E-state index contributed by atoms with van der Waals surface area (Å²) >= 11 is 8.43. The third kappa shape index (κ3) is 3.35. The normalized spacial score (nSPS) is 11.9. The van der Waals surface area contributed by atoms with Gasteiger partial charge in [-0.2, -0.15) is 0 Å². The van der Waals surface area contributed by atoms with Crippen LogP contribution in [0.5, 0.6) is 0 Å². The van der Waals surface area contributed by atoms with E-state index in [1.165, 1.54) is 6.07 Å². The van der Waals surface area contributed by atoms with Crippen molar-refractivity contribution >= 4 is 38.8 Å². The lowest BCUT2D eigenvalue weighted by atomic mass is 10.1. The maximum atomic E-state index is 13.8. The first-order chi connectivity index (χ1) is 9.49. The molecule has 2 nitrogen and oxygen atoms in total. The average molecular weight is 353 g/mol. The molecule has 2 aromatic rings. The predicted octanol–water partition coefficient (Wildman–Crippen LogP) is 4.40. The molecule has 5 heteroatoms. The fraction of sp³-hybridized carbons (Fsp3) is 0.133. The highest BCUT2D eigenvalue weighted by Crippen LogP contribution is 2.26. The molecule has 0 saturated heterocycles. The van der Waals surface area contributed by atoms with E-state index in [-0.39, 0.29) is 11.9 Å². The molecule has 0 aliphatic heterocycles. The monoisotopic (exact) mass is 352 g/mol. The molecule has 0 heterocycles. The van der Waals surface area contributed by atoms with E-state index in [9.17, 15) is 4.39 Å². The molecule has 0 amide bonds. The summed E-state index contributed by atoms with van der Waals surface area (Å²) in [7, 11) is 0. The number of hydrogen-bond donors (Lipinski definition) is 2. The Kier molecular flexibility index (Phi) is 4.73. The first-order valence-electron chi connectivity index (χ1n) is 6.09. The molecule has 1 atom stereocenters. The smallest absolute Gasteiger partial charge is 0.128 e. The van der Waals surface area contributed by atoms with Crippen molar-refractivity contribution in [3.05, 3.63) is 63.9 Å². The van der Waals surface area contributed by atoms with E-state index < -0.39 is 0 Å². The lowest BCUT2D eigenvalue weighted by Crippen LogP contribution is -2.15. The van der Waals surface area contributed by atoms with Crippen LogP contribution in [0.25, 0.3) is 0 Å². The van der Waals surface area contributed by atoms with E-state index in [0.717, 1.165) is 15.7 Å². The van der Waals surface area contributed by atoms with Gasteiger partial charge in [0.2, 0.25) is 0 Å². The van der Waals surface area contributed by atoms with Gasteiger partial charge in [-0.15, -0.1) is 0 Å². The number of nitrogens with one attached hydrogen (secondary N) is 1. The summed E-state index contributed by atoms with van der Waals surface area (Å²) in [6.45, 7) is 1.89. The van der Waals surface area contributed by atoms with Gasteiger partial charge < -0.3 is 11.1 Å². The van der Waals surface area contributed by atoms with E-state index in [1.807, 2.05) is 31.2 Å². The molecule has 2 aromatic carbocycles. The Morgan fingerprint density at radius 1 is 1.30 bits per heavy atom. The molecule has 20 heavy (non-hydrogen) atoms. The van der Waals surface area contributed by atoms with E-state index >= 15 is 0 Å². The van der Waals surface area contributed by atoms with Crippen molar-refractivity contribution in [3.63, 3.8) is 0 Å². The van der Waals surface area contributed by atoms with Crippen LogP contribution in [0.4, 0.5) is 10.1 Å². The fourth-order valence-electron chi connectivity index (χ4n) is 1.98. The maximum absolute atomic E-state index is 13.8. The van der Waals surface area contributed by atoms with Crippen molar-refractivity contribution in [2.45, 2.75) is 13.0 Å². The van der Waals surface area contributed by atoms with Crippen LogP contribution in [0.3, 0.4) is 0 Å². The molecule has 104 valence electrons. The highest BCUT2D eigenvalue weighted by Gasteiger charge is 2.13. The van der Waals surface area contributed by atoms with Crippen LogP contribution in [0.2, 0.25) is 0 Å². The zero-order valence-electron chi connectivity index (χ0n) is 10.9. The Hall–Kier alpha value is -1.46.